The summed E-state index contributed by atoms with van der Waals surface area (Å²) in [5.74, 6) is 2.47. The van der Waals surface area contributed by atoms with Gasteiger partial charge in [-0.05, 0) is 13.8 Å². The number of rotatable bonds is 6. The summed E-state index contributed by atoms with van der Waals surface area (Å²) >= 11 is 0. The summed E-state index contributed by atoms with van der Waals surface area (Å²) < 4.78 is 0. The van der Waals surface area contributed by atoms with Crippen molar-refractivity contribution in [2.45, 2.75) is 33.7 Å². The van der Waals surface area contributed by atoms with Crippen LogP contribution in [0.2, 0.25) is 0 Å². The van der Waals surface area contributed by atoms with Crippen molar-refractivity contribution in [2.24, 2.45) is 0 Å². The zero-order valence-corrected chi connectivity index (χ0v) is 12.1. The fraction of sp³-hybridized carbons (Fsp3) is 0.429. The first kappa shape index (κ1) is 14.2. The lowest BCUT2D eigenvalue weighted by atomic mass is 10.4. The smallest absolute Gasteiger partial charge is 0.132 e. The molecule has 2 N–H and O–H groups in total. The van der Waals surface area contributed by atoms with Gasteiger partial charge < -0.3 is 10.6 Å². The van der Waals surface area contributed by atoms with E-state index in [4.69, 9.17) is 0 Å². The summed E-state index contributed by atoms with van der Waals surface area (Å²) in [5.41, 5.74) is 1.80. The van der Waals surface area contributed by atoms with Crippen LogP contribution in [0.4, 0.5) is 11.6 Å². The molecule has 0 radical (unpaired) electrons. The third-order valence-electron chi connectivity index (χ3n) is 2.73. The fourth-order valence-corrected chi connectivity index (χ4v) is 1.71. The van der Waals surface area contributed by atoms with E-state index >= 15 is 0 Å². The molecule has 2 heterocycles. The van der Waals surface area contributed by atoms with Crippen LogP contribution in [-0.4, -0.2) is 26.5 Å². The zero-order chi connectivity index (χ0) is 14.4. The number of hydrogen-bond acceptors (Lipinski definition) is 6. The Labute approximate surface area is 119 Å². The Bertz CT molecular complexity index is 552. The van der Waals surface area contributed by atoms with E-state index in [1.807, 2.05) is 26.8 Å². The predicted molar refractivity (Wildman–Crippen MR) is 79.7 cm³/mol. The highest BCUT2D eigenvalue weighted by atomic mass is 15.1. The number of nitrogens with one attached hydrogen (secondary N) is 2. The van der Waals surface area contributed by atoms with Gasteiger partial charge >= 0.3 is 0 Å². The van der Waals surface area contributed by atoms with Crippen LogP contribution in [0.3, 0.4) is 0 Å². The molecule has 0 bridgehead atoms. The van der Waals surface area contributed by atoms with Crippen LogP contribution in [0.5, 0.6) is 0 Å². The summed E-state index contributed by atoms with van der Waals surface area (Å²) in [5, 5.41) is 6.47. The van der Waals surface area contributed by atoms with Crippen molar-refractivity contribution in [3.8, 4) is 0 Å². The van der Waals surface area contributed by atoms with Gasteiger partial charge in [-0.1, -0.05) is 6.92 Å². The van der Waals surface area contributed by atoms with E-state index in [0.29, 0.717) is 6.54 Å². The highest BCUT2D eigenvalue weighted by Crippen LogP contribution is 2.12. The van der Waals surface area contributed by atoms with Crippen LogP contribution >= 0.6 is 0 Å². The van der Waals surface area contributed by atoms with E-state index in [1.165, 1.54) is 0 Å². The molecule has 0 aliphatic carbocycles. The van der Waals surface area contributed by atoms with E-state index in [9.17, 15) is 0 Å². The Morgan fingerprint density at radius 1 is 1.00 bits per heavy atom. The van der Waals surface area contributed by atoms with Gasteiger partial charge in [-0.3, -0.25) is 9.97 Å². The molecule has 0 unspecified atom stereocenters. The van der Waals surface area contributed by atoms with Gasteiger partial charge in [-0.2, -0.15) is 0 Å². The van der Waals surface area contributed by atoms with E-state index in [1.54, 1.807) is 12.4 Å². The SMILES string of the molecule is CCNc1cc(NCc2cnc(C)cn2)nc(CC)n1. The van der Waals surface area contributed by atoms with Gasteiger partial charge in [0.15, 0.2) is 0 Å². The van der Waals surface area contributed by atoms with Gasteiger partial charge in [-0.15, -0.1) is 0 Å². The summed E-state index contributed by atoms with van der Waals surface area (Å²) in [6.45, 7) is 7.44. The van der Waals surface area contributed by atoms with Crippen LogP contribution < -0.4 is 10.6 Å². The first-order chi connectivity index (χ1) is 9.71. The summed E-state index contributed by atoms with van der Waals surface area (Å²) in [6, 6.07) is 1.91. The number of anilines is 2. The molecule has 0 aromatic carbocycles. The minimum absolute atomic E-state index is 0.596. The Morgan fingerprint density at radius 3 is 2.35 bits per heavy atom. The average molecular weight is 272 g/mol. The average Bonchev–Trinajstić information content (AvgIpc) is 2.47. The molecule has 6 nitrogen and oxygen atoms in total. The number of hydrogen-bond donors (Lipinski definition) is 2. The molecule has 0 atom stereocenters. The highest BCUT2D eigenvalue weighted by Gasteiger charge is 2.03. The Kier molecular flexibility index (Phi) is 4.81. The molecule has 0 spiro atoms. The van der Waals surface area contributed by atoms with Crippen molar-refractivity contribution in [1.29, 1.82) is 0 Å². The normalized spacial score (nSPS) is 10.3. The maximum Gasteiger partial charge on any atom is 0.132 e. The van der Waals surface area contributed by atoms with Gasteiger partial charge in [0.1, 0.15) is 17.5 Å². The maximum atomic E-state index is 4.46. The molecule has 6 heteroatoms. The molecule has 0 saturated carbocycles. The second kappa shape index (κ2) is 6.79. The van der Waals surface area contributed by atoms with Gasteiger partial charge in [0.25, 0.3) is 0 Å². The molecule has 106 valence electrons. The van der Waals surface area contributed by atoms with Gasteiger partial charge in [0.05, 0.1) is 24.1 Å². The summed E-state index contributed by atoms with van der Waals surface area (Å²) in [4.78, 5) is 17.4. The van der Waals surface area contributed by atoms with Crippen LogP contribution in [0.15, 0.2) is 18.5 Å². The maximum absolute atomic E-state index is 4.46. The van der Waals surface area contributed by atoms with Crippen molar-refractivity contribution in [2.75, 3.05) is 17.2 Å². The first-order valence-electron chi connectivity index (χ1n) is 6.84. The number of nitrogens with zero attached hydrogens (tertiary/aromatic N) is 4. The van der Waals surface area contributed by atoms with Crippen LogP contribution in [-0.2, 0) is 13.0 Å². The number of aromatic nitrogens is 4. The lowest BCUT2D eigenvalue weighted by molar-refractivity contribution is 0.919. The van der Waals surface area contributed by atoms with Crippen LogP contribution in [0.25, 0.3) is 0 Å². The molecular weight excluding hydrogens is 252 g/mol. The molecule has 0 aliphatic rings. The van der Waals surface area contributed by atoms with Crippen LogP contribution in [0, 0.1) is 6.92 Å². The van der Waals surface area contributed by atoms with E-state index in [-0.39, 0.29) is 0 Å². The highest BCUT2D eigenvalue weighted by molar-refractivity contribution is 5.47. The van der Waals surface area contributed by atoms with Crippen LogP contribution in [0.1, 0.15) is 31.1 Å². The lowest BCUT2D eigenvalue weighted by Crippen LogP contribution is -2.08. The Morgan fingerprint density at radius 2 is 1.75 bits per heavy atom. The molecule has 2 aromatic rings. The minimum Gasteiger partial charge on any atom is -0.370 e. The molecule has 20 heavy (non-hydrogen) atoms. The monoisotopic (exact) mass is 272 g/mol. The molecule has 2 aromatic heterocycles. The molecule has 0 aliphatic heterocycles. The quantitative estimate of drug-likeness (QED) is 0.839. The van der Waals surface area contributed by atoms with Crippen molar-refractivity contribution >= 4 is 11.6 Å². The fourth-order valence-electron chi connectivity index (χ4n) is 1.71. The molecular formula is C14H20N6. The summed E-state index contributed by atoms with van der Waals surface area (Å²) in [7, 11) is 0. The second-order valence-electron chi connectivity index (χ2n) is 4.44. The minimum atomic E-state index is 0.596. The largest absolute Gasteiger partial charge is 0.370 e. The Balaban J connectivity index is 2.07. The summed E-state index contributed by atoms with van der Waals surface area (Å²) in [6.07, 6.45) is 4.34. The van der Waals surface area contributed by atoms with Gasteiger partial charge in [0.2, 0.25) is 0 Å². The third kappa shape index (κ3) is 3.88. The van der Waals surface area contributed by atoms with Crippen molar-refractivity contribution in [1.82, 2.24) is 19.9 Å². The van der Waals surface area contributed by atoms with Crippen molar-refractivity contribution < 1.29 is 0 Å². The zero-order valence-electron chi connectivity index (χ0n) is 12.1. The van der Waals surface area contributed by atoms with Crippen molar-refractivity contribution in [3.63, 3.8) is 0 Å². The van der Waals surface area contributed by atoms with E-state index in [0.717, 1.165) is 41.8 Å². The first-order valence-corrected chi connectivity index (χ1v) is 6.84. The second-order valence-corrected chi connectivity index (χ2v) is 4.44. The molecule has 0 saturated heterocycles. The topological polar surface area (TPSA) is 75.6 Å². The van der Waals surface area contributed by atoms with Gasteiger partial charge in [-0.25, -0.2) is 9.97 Å². The van der Waals surface area contributed by atoms with E-state index < -0.39 is 0 Å². The number of aryl methyl sites for hydroxylation is 2. The molecule has 2 rings (SSSR count). The Hall–Kier alpha value is -2.24. The predicted octanol–water partition coefficient (Wildman–Crippen LogP) is 2.18. The third-order valence-corrected chi connectivity index (χ3v) is 2.73. The van der Waals surface area contributed by atoms with E-state index in [2.05, 4.69) is 30.6 Å². The standard InChI is InChI=1S/C14H20N6/c1-4-12-19-13(15-5-2)6-14(20-12)18-9-11-8-16-10(3)7-17-11/h6-8H,4-5,9H2,1-3H3,(H2,15,18,19,20). The van der Waals surface area contributed by atoms with Crippen molar-refractivity contribution in [3.05, 3.63) is 35.7 Å². The molecule has 0 fully saturated rings. The van der Waals surface area contributed by atoms with Gasteiger partial charge in [0, 0.05) is 25.2 Å². The molecule has 0 amide bonds. The lowest BCUT2D eigenvalue weighted by Gasteiger charge is -2.09.